The lowest BCUT2D eigenvalue weighted by Gasteiger charge is -2.20. The van der Waals surface area contributed by atoms with Crippen LogP contribution in [0.25, 0.3) is 0 Å². The smallest absolute Gasteiger partial charge is 0.193 e. The lowest BCUT2D eigenvalue weighted by molar-refractivity contribution is 0.331. The number of hydrogen-bond donors (Lipinski definition) is 1. The van der Waals surface area contributed by atoms with Crippen molar-refractivity contribution in [1.29, 1.82) is 0 Å². The zero-order chi connectivity index (χ0) is 15.5. The van der Waals surface area contributed by atoms with Crippen LogP contribution in [0, 0.1) is 0 Å². The van der Waals surface area contributed by atoms with Gasteiger partial charge in [0.1, 0.15) is 0 Å². The molecule has 22 heavy (non-hydrogen) atoms. The van der Waals surface area contributed by atoms with Gasteiger partial charge in [0, 0.05) is 27.2 Å². The number of aliphatic imine (C=N–C) groups is 1. The SMILES string of the molecule is CCCCN(C)CCNC(=NCc1ccccc1)N(C)C.I. The molecule has 0 aliphatic rings. The normalized spacial score (nSPS) is 11.2. The molecular weight excluding hydrogens is 387 g/mol. The molecular formula is C17H31IN4. The Morgan fingerprint density at radius 1 is 1.09 bits per heavy atom. The molecule has 0 atom stereocenters. The molecule has 1 rings (SSSR count). The summed E-state index contributed by atoms with van der Waals surface area (Å²) in [5.41, 5.74) is 1.23. The van der Waals surface area contributed by atoms with Gasteiger partial charge >= 0.3 is 0 Å². The molecule has 0 aromatic heterocycles. The maximum Gasteiger partial charge on any atom is 0.193 e. The number of unbranched alkanes of at least 4 members (excludes halogenated alkanes) is 1. The molecule has 1 N–H and O–H groups in total. The summed E-state index contributed by atoms with van der Waals surface area (Å²) in [6.45, 7) is 6.07. The summed E-state index contributed by atoms with van der Waals surface area (Å²) in [6, 6.07) is 10.3. The Bertz CT molecular complexity index is 406. The Morgan fingerprint density at radius 3 is 2.36 bits per heavy atom. The topological polar surface area (TPSA) is 30.9 Å². The van der Waals surface area contributed by atoms with E-state index in [4.69, 9.17) is 0 Å². The first kappa shape index (κ1) is 21.2. The molecule has 0 saturated heterocycles. The molecule has 0 aliphatic heterocycles. The molecule has 0 fully saturated rings. The second-order valence-corrected chi connectivity index (χ2v) is 5.60. The molecule has 0 bridgehead atoms. The van der Waals surface area contributed by atoms with Crippen molar-refractivity contribution in [3.63, 3.8) is 0 Å². The highest BCUT2D eigenvalue weighted by atomic mass is 127. The molecule has 0 aliphatic carbocycles. The Kier molecular flexibility index (Phi) is 12.2. The number of nitrogens with zero attached hydrogens (tertiary/aromatic N) is 3. The summed E-state index contributed by atoms with van der Waals surface area (Å²) in [6.07, 6.45) is 2.51. The van der Waals surface area contributed by atoms with Gasteiger partial charge in [0.05, 0.1) is 6.54 Å². The molecule has 0 amide bonds. The highest BCUT2D eigenvalue weighted by Gasteiger charge is 2.02. The molecule has 0 saturated carbocycles. The van der Waals surface area contributed by atoms with Crippen molar-refractivity contribution in [2.24, 2.45) is 4.99 Å². The van der Waals surface area contributed by atoms with E-state index in [2.05, 4.69) is 53.4 Å². The van der Waals surface area contributed by atoms with Crippen molar-refractivity contribution in [2.45, 2.75) is 26.3 Å². The first-order chi connectivity index (χ1) is 10.1. The van der Waals surface area contributed by atoms with Gasteiger partial charge in [-0.3, -0.25) is 0 Å². The van der Waals surface area contributed by atoms with E-state index in [0.717, 1.165) is 25.6 Å². The average molecular weight is 418 g/mol. The van der Waals surface area contributed by atoms with Crippen LogP contribution in [0.4, 0.5) is 0 Å². The number of nitrogens with one attached hydrogen (secondary N) is 1. The summed E-state index contributed by atoms with van der Waals surface area (Å²) in [5, 5.41) is 3.43. The number of halogens is 1. The second kappa shape index (κ2) is 12.7. The van der Waals surface area contributed by atoms with Crippen molar-refractivity contribution >= 4 is 29.9 Å². The van der Waals surface area contributed by atoms with Crippen LogP contribution in [-0.2, 0) is 6.54 Å². The Balaban J connectivity index is 0.00000441. The van der Waals surface area contributed by atoms with E-state index in [1.807, 2.05) is 25.1 Å². The molecule has 0 spiro atoms. The lowest BCUT2D eigenvalue weighted by Crippen LogP contribution is -2.40. The number of guanidine groups is 1. The van der Waals surface area contributed by atoms with Crippen LogP contribution in [-0.4, -0.2) is 56.5 Å². The predicted molar refractivity (Wildman–Crippen MR) is 107 cm³/mol. The predicted octanol–water partition coefficient (Wildman–Crippen LogP) is 3.04. The van der Waals surface area contributed by atoms with Gasteiger partial charge in [0.15, 0.2) is 5.96 Å². The van der Waals surface area contributed by atoms with E-state index in [1.54, 1.807) is 0 Å². The van der Waals surface area contributed by atoms with Crippen LogP contribution in [0.15, 0.2) is 35.3 Å². The average Bonchev–Trinajstić information content (AvgIpc) is 2.49. The van der Waals surface area contributed by atoms with Crippen molar-refractivity contribution in [3.8, 4) is 0 Å². The van der Waals surface area contributed by atoms with Crippen molar-refractivity contribution in [3.05, 3.63) is 35.9 Å². The number of likely N-dealkylation sites (N-methyl/N-ethyl adjacent to an activating group) is 1. The third kappa shape index (κ3) is 9.25. The molecule has 126 valence electrons. The van der Waals surface area contributed by atoms with Crippen molar-refractivity contribution < 1.29 is 0 Å². The fraction of sp³-hybridized carbons (Fsp3) is 0.588. The molecule has 0 radical (unpaired) electrons. The van der Waals surface area contributed by atoms with Gasteiger partial charge in [-0.2, -0.15) is 0 Å². The molecule has 0 unspecified atom stereocenters. The Hall–Kier alpha value is -0.820. The van der Waals surface area contributed by atoms with Gasteiger partial charge in [-0.05, 0) is 25.6 Å². The minimum Gasteiger partial charge on any atom is -0.355 e. The molecule has 5 heteroatoms. The molecule has 4 nitrogen and oxygen atoms in total. The monoisotopic (exact) mass is 418 g/mol. The second-order valence-electron chi connectivity index (χ2n) is 5.60. The van der Waals surface area contributed by atoms with E-state index >= 15 is 0 Å². The minimum atomic E-state index is 0. The van der Waals surface area contributed by atoms with Gasteiger partial charge in [-0.25, -0.2) is 4.99 Å². The van der Waals surface area contributed by atoms with Crippen LogP contribution in [0.1, 0.15) is 25.3 Å². The van der Waals surface area contributed by atoms with Crippen LogP contribution < -0.4 is 5.32 Å². The lowest BCUT2D eigenvalue weighted by atomic mass is 10.2. The van der Waals surface area contributed by atoms with E-state index < -0.39 is 0 Å². The quantitative estimate of drug-likeness (QED) is 0.400. The summed E-state index contributed by atoms with van der Waals surface area (Å²) < 4.78 is 0. The van der Waals surface area contributed by atoms with Gasteiger partial charge in [0.2, 0.25) is 0 Å². The van der Waals surface area contributed by atoms with Crippen molar-refractivity contribution in [2.75, 3.05) is 40.8 Å². The van der Waals surface area contributed by atoms with Crippen LogP contribution in [0.2, 0.25) is 0 Å². The summed E-state index contributed by atoms with van der Waals surface area (Å²) in [7, 11) is 6.23. The van der Waals surface area contributed by atoms with Crippen LogP contribution >= 0.6 is 24.0 Å². The third-order valence-electron chi connectivity index (χ3n) is 3.35. The minimum absolute atomic E-state index is 0. The van der Waals surface area contributed by atoms with Gasteiger partial charge < -0.3 is 15.1 Å². The summed E-state index contributed by atoms with van der Waals surface area (Å²) >= 11 is 0. The molecule has 1 aromatic carbocycles. The molecule has 0 heterocycles. The fourth-order valence-electron chi connectivity index (χ4n) is 2.00. The van der Waals surface area contributed by atoms with E-state index in [0.29, 0.717) is 6.54 Å². The van der Waals surface area contributed by atoms with E-state index in [9.17, 15) is 0 Å². The van der Waals surface area contributed by atoms with Crippen LogP contribution in [0.3, 0.4) is 0 Å². The highest BCUT2D eigenvalue weighted by molar-refractivity contribution is 14.0. The Morgan fingerprint density at radius 2 is 1.77 bits per heavy atom. The summed E-state index contributed by atoms with van der Waals surface area (Å²) in [4.78, 5) is 9.06. The highest BCUT2D eigenvalue weighted by Crippen LogP contribution is 2.00. The van der Waals surface area contributed by atoms with Gasteiger partial charge in [-0.1, -0.05) is 43.7 Å². The van der Waals surface area contributed by atoms with Gasteiger partial charge in [-0.15, -0.1) is 24.0 Å². The zero-order valence-corrected chi connectivity index (χ0v) is 16.7. The fourth-order valence-corrected chi connectivity index (χ4v) is 2.00. The largest absolute Gasteiger partial charge is 0.355 e. The standard InChI is InChI=1S/C17H30N4.HI/c1-5-6-13-21(4)14-12-18-17(20(2)3)19-15-16-10-8-7-9-11-16;/h7-11H,5-6,12-15H2,1-4H3,(H,18,19);1H. The van der Waals surface area contributed by atoms with Crippen molar-refractivity contribution in [1.82, 2.24) is 15.1 Å². The van der Waals surface area contributed by atoms with Crippen LogP contribution in [0.5, 0.6) is 0 Å². The maximum absolute atomic E-state index is 4.67. The van der Waals surface area contributed by atoms with Gasteiger partial charge in [0.25, 0.3) is 0 Å². The molecule has 1 aromatic rings. The first-order valence-electron chi connectivity index (χ1n) is 7.81. The van der Waals surface area contributed by atoms with E-state index in [1.165, 1.54) is 18.4 Å². The van der Waals surface area contributed by atoms with E-state index in [-0.39, 0.29) is 24.0 Å². The summed E-state index contributed by atoms with van der Waals surface area (Å²) in [5.74, 6) is 0.947. The number of hydrogen-bond acceptors (Lipinski definition) is 2. The Labute approximate surface area is 153 Å². The third-order valence-corrected chi connectivity index (χ3v) is 3.35. The number of rotatable bonds is 8. The zero-order valence-electron chi connectivity index (χ0n) is 14.4. The maximum atomic E-state index is 4.67. The number of benzene rings is 1. The first-order valence-corrected chi connectivity index (χ1v) is 7.81.